The lowest BCUT2D eigenvalue weighted by Crippen LogP contribution is -2.28. The lowest BCUT2D eigenvalue weighted by molar-refractivity contribution is 0.112. The third-order valence-electron chi connectivity index (χ3n) is 3.20. The zero-order valence-corrected chi connectivity index (χ0v) is 10.7. The molecule has 0 spiro atoms. The van der Waals surface area contributed by atoms with E-state index in [0.717, 1.165) is 18.5 Å². The number of hydrogen-bond acceptors (Lipinski definition) is 3. The summed E-state index contributed by atoms with van der Waals surface area (Å²) < 4.78 is 15.0. The van der Waals surface area contributed by atoms with Gasteiger partial charge in [0.2, 0.25) is 0 Å². The Hall–Kier alpha value is -1.72. The van der Waals surface area contributed by atoms with E-state index in [4.69, 9.17) is 11.6 Å². The number of carbonyl (C=O) groups excluding carboxylic acids is 1. The minimum atomic E-state index is -0.483. The van der Waals surface area contributed by atoms with E-state index in [1.165, 1.54) is 12.1 Å². The van der Waals surface area contributed by atoms with Crippen molar-refractivity contribution in [3.05, 3.63) is 40.3 Å². The van der Waals surface area contributed by atoms with Crippen LogP contribution in [0.3, 0.4) is 0 Å². The summed E-state index contributed by atoms with van der Waals surface area (Å²) in [4.78, 5) is 11.3. The highest BCUT2D eigenvalue weighted by Gasteiger charge is 2.21. The second kappa shape index (κ2) is 4.75. The Balaban J connectivity index is 2.16. The van der Waals surface area contributed by atoms with Crippen LogP contribution in [0.5, 0.6) is 0 Å². The van der Waals surface area contributed by atoms with Gasteiger partial charge in [0.15, 0.2) is 6.29 Å². The summed E-state index contributed by atoms with van der Waals surface area (Å²) in [7, 11) is 0. The van der Waals surface area contributed by atoms with Crippen molar-refractivity contribution in [1.29, 1.82) is 0 Å². The van der Waals surface area contributed by atoms with Crippen LogP contribution < -0.4 is 5.32 Å². The molecule has 6 heteroatoms. The third kappa shape index (κ3) is 2.05. The van der Waals surface area contributed by atoms with Crippen molar-refractivity contribution in [1.82, 2.24) is 15.1 Å². The third-order valence-corrected chi connectivity index (χ3v) is 3.49. The predicted molar refractivity (Wildman–Crippen MR) is 69.7 cm³/mol. The molecule has 1 aromatic heterocycles. The van der Waals surface area contributed by atoms with Gasteiger partial charge in [-0.2, -0.15) is 5.10 Å². The molecule has 19 heavy (non-hydrogen) atoms. The molecule has 1 aliphatic heterocycles. The number of halogens is 2. The second-order valence-electron chi connectivity index (χ2n) is 4.36. The molecule has 2 heterocycles. The van der Waals surface area contributed by atoms with E-state index < -0.39 is 5.82 Å². The van der Waals surface area contributed by atoms with Crippen LogP contribution in [0, 0.1) is 5.82 Å². The molecular weight excluding hydrogens is 269 g/mol. The van der Waals surface area contributed by atoms with E-state index in [-0.39, 0.29) is 5.02 Å². The highest BCUT2D eigenvalue weighted by molar-refractivity contribution is 6.31. The first-order valence-electron chi connectivity index (χ1n) is 5.91. The zero-order valence-electron chi connectivity index (χ0n) is 9.99. The van der Waals surface area contributed by atoms with Crippen LogP contribution in [0.2, 0.25) is 5.02 Å². The largest absolute Gasteiger partial charge is 0.309 e. The van der Waals surface area contributed by atoms with Gasteiger partial charge in [-0.15, -0.1) is 0 Å². The number of carbonyl (C=O) groups is 1. The van der Waals surface area contributed by atoms with Gasteiger partial charge in [0.25, 0.3) is 0 Å². The van der Waals surface area contributed by atoms with Crippen LogP contribution in [-0.4, -0.2) is 22.6 Å². The Morgan fingerprint density at radius 1 is 1.47 bits per heavy atom. The van der Waals surface area contributed by atoms with Crippen LogP contribution in [0.25, 0.3) is 11.3 Å². The molecule has 4 nitrogen and oxygen atoms in total. The first kappa shape index (κ1) is 12.3. The molecule has 2 aromatic rings. The average molecular weight is 280 g/mol. The quantitative estimate of drug-likeness (QED) is 0.858. The van der Waals surface area contributed by atoms with Gasteiger partial charge in [0.05, 0.1) is 22.8 Å². The maximum atomic E-state index is 13.2. The van der Waals surface area contributed by atoms with Crippen molar-refractivity contribution in [3.8, 4) is 11.3 Å². The molecule has 3 rings (SSSR count). The Morgan fingerprint density at radius 2 is 2.32 bits per heavy atom. The first-order valence-corrected chi connectivity index (χ1v) is 6.29. The monoisotopic (exact) mass is 279 g/mol. The van der Waals surface area contributed by atoms with Crippen LogP contribution in [0.1, 0.15) is 16.1 Å². The maximum Gasteiger partial charge on any atom is 0.154 e. The number of nitrogens with zero attached hydrogens (tertiary/aromatic N) is 2. The molecule has 0 aliphatic carbocycles. The van der Waals surface area contributed by atoms with Crippen molar-refractivity contribution in [2.75, 3.05) is 6.54 Å². The Kier molecular flexibility index (Phi) is 3.08. The summed E-state index contributed by atoms with van der Waals surface area (Å²) in [5, 5.41) is 7.65. The summed E-state index contributed by atoms with van der Waals surface area (Å²) in [6.07, 6.45) is 0.790. The maximum absolute atomic E-state index is 13.2. The smallest absolute Gasteiger partial charge is 0.154 e. The summed E-state index contributed by atoms with van der Waals surface area (Å²) in [6, 6.07) is 4.35. The first-order chi connectivity index (χ1) is 9.20. The number of aldehydes is 1. The van der Waals surface area contributed by atoms with Crippen molar-refractivity contribution < 1.29 is 9.18 Å². The van der Waals surface area contributed by atoms with Gasteiger partial charge >= 0.3 is 0 Å². The minimum Gasteiger partial charge on any atom is -0.309 e. The standard InChI is InChI=1S/C13H11ClFN3O/c14-10-5-8(1-2-11(10)15)13-9(7-19)12-6-16-3-4-18(12)17-13/h1-2,5,7,16H,3-4,6H2. The van der Waals surface area contributed by atoms with E-state index in [1.807, 2.05) is 4.68 Å². The minimum absolute atomic E-state index is 0.0263. The van der Waals surface area contributed by atoms with Crippen molar-refractivity contribution >= 4 is 17.9 Å². The normalized spacial score (nSPS) is 14.2. The molecule has 0 radical (unpaired) electrons. The molecule has 0 bridgehead atoms. The molecular formula is C13H11ClFN3O. The fourth-order valence-electron chi connectivity index (χ4n) is 2.25. The van der Waals surface area contributed by atoms with E-state index in [2.05, 4.69) is 10.4 Å². The fourth-order valence-corrected chi connectivity index (χ4v) is 2.43. The fraction of sp³-hybridized carbons (Fsp3) is 0.231. The molecule has 0 fully saturated rings. The van der Waals surface area contributed by atoms with Crippen LogP contribution in [-0.2, 0) is 13.1 Å². The van der Waals surface area contributed by atoms with E-state index in [0.29, 0.717) is 29.9 Å². The molecule has 0 unspecified atom stereocenters. The van der Waals surface area contributed by atoms with Gasteiger partial charge in [-0.3, -0.25) is 9.48 Å². The topological polar surface area (TPSA) is 46.9 Å². The van der Waals surface area contributed by atoms with Gasteiger partial charge in [0.1, 0.15) is 11.5 Å². The number of hydrogen-bond donors (Lipinski definition) is 1. The van der Waals surface area contributed by atoms with Crippen LogP contribution in [0.4, 0.5) is 4.39 Å². The number of rotatable bonds is 2. The highest BCUT2D eigenvalue weighted by Crippen LogP contribution is 2.28. The molecule has 0 amide bonds. The van der Waals surface area contributed by atoms with Gasteiger partial charge in [0, 0.05) is 18.7 Å². The van der Waals surface area contributed by atoms with Gasteiger partial charge in [-0.25, -0.2) is 4.39 Å². The Morgan fingerprint density at radius 3 is 3.05 bits per heavy atom. The highest BCUT2D eigenvalue weighted by atomic mass is 35.5. The van der Waals surface area contributed by atoms with Crippen LogP contribution in [0.15, 0.2) is 18.2 Å². The van der Waals surface area contributed by atoms with E-state index in [1.54, 1.807) is 6.07 Å². The molecule has 1 aromatic carbocycles. The summed E-state index contributed by atoms with van der Waals surface area (Å²) in [5.74, 6) is -0.483. The second-order valence-corrected chi connectivity index (χ2v) is 4.76. The summed E-state index contributed by atoms with van der Waals surface area (Å²) in [5.41, 5.74) is 2.59. The van der Waals surface area contributed by atoms with Gasteiger partial charge in [-0.1, -0.05) is 11.6 Å². The zero-order chi connectivity index (χ0) is 13.4. The van der Waals surface area contributed by atoms with Gasteiger partial charge < -0.3 is 5.32 Å². The summed E-state index contributed by atoms with van der Waals surface area (Å²) in [6.45, 7) is 2.14. The lowest BCUT2D eigenvalue weighted by Gasteiger charge is -2.14. The van der Waals surface area contributed by atoms with Crippen LogP contribution >= 0.6 is 11.6 Å². The Bertz CT molecular complexity index is 654. The molecule has 1 N–H and O–H groups in total. The molecule has 0 saturated heterocycles. The average Bonchev–Trinajstić information content (AvgIpc) is 2.80. The molecule has 1 aliphatic rings. The van der Waals surface area contributed by atoms with Gasteiger partial charge in [-0.05, 0) is 18.2 Å². The molecule has 98 valence electrons. The summed E-state index contributed by atoms with van der Waals surface area (Å²) >= 11 is 5.78. The van der Waals surface area contributed by atoms with E-state index >= 15 is 0 Å². The number of nitrogens with one attached hydrogen (secondary N) is 1. The predicted octanol–water partition coefficient (Wildman–Crippen LogP) is 2.26. The number of aromatic nitrogens is 2. The van der Waals surface area contributed by atoms with E-state index in [9.17, 15) is 9.18 Å². The number of fused-ring (bicyclic) bond motifs is 1. The van der Waals surface area contributed by atoms with Crippen molar-refractivity contribution in [3.63, 3.8) is 0 Å². The van der Waals surface area contributed by atoms with Crippen molar-refractivity contribution in [2.45, 2.75) is 13.1 Å². The number of benzene rings is 1. The molecule has 0 atom stereocenters. The Labute approximate surface area is 114 Å². The lowest BCUT2D eigenvalue weighted by atomic mass is 10.1. The SMILES string of the molecule is O=Cc1c(-c2ccc(F)c(Cl)c2)nn2c1CNCC2. The van der Waals surface area contributed by atoms with Crippen molar-refractivity contribution in [2.24, 2.45) is 0 Å². The molecule has 0 saturated carbocycles.